The van der Waals surface area contributed by atoms with Gasteiger partial charge in [0, 0.05) is 0 Å². The SMILES string of the molecule is CCCCCCCCCCCCCCOC(=O)C(CC)(CC)C(=O)OCC(F)(F)C(F)(F)C(F)(F)F. The molecule has 0 saturated heterocycles. The topological polar surface area (TPSA) is 52.6 Å². The molecule has 11 heteroatoms. The predicted molar refractivity (Wildman–Crippen MR) is 122 cm³/mol. The first-order valence-electron chi connectivity index (χ1n) is 12.9. The molecule has 36 heavy (non-hydrogen) atoms. The normalized spacial score (nSPS) is 13.1. The molecule has 0 radical (unpaired) electrons. The van der Waals surface area contributed by atoms with Crippen LogP contribution >= 0.6 is 0 Å². The van der Waals surface area contributed by atoms with E-state index < -0.39 is 42.0 Å². The molecule has 4 nitrogen and oxygen atoms in total. The first kappa shape index (κ1) is 34.5. The fourth-order valence-corrected chi connectivity index (χ4v) is 3.75. The Hall–Kier alpha value is -1.55. The van der Waals surface area contributed by atoms with Crippen LogP contribution in [0, 0.1) is 5.41 Å². The van der Waals surface area contributed by atoms with Crippen LogP contribution in [0.15, 0.2) is 0 Å². The van der Waals surface area contributed by atoms with Gasteiger partial charge < -0.3 is 9.47 Å². The number of hydrogen-bond donors (Lipinski definition) is 0. The van der Waals surface area contributed by atoms with Crippen molar-refractivity contribution in [3.05, 3.63) is 0 Å². The van der Waals surface area contributed by atoms with E-state index in [1.54, 1.807) is 0 Å². The maximum absolute atomic E-state index is 13.5. The lowest BCUT2D eigenvalue weighted by molar-refractivity contribution is -0.360. The van der Waals surface area contributed by atoms with E-state index in [2.05, 4.69) is 11.7 Å². The third-order valence-electron chi connectivity index (χ3n) is 6.42. The van der Waals surface area contributed by atoms with Gasteiger partial charge >= 0.3 is 30.0 Å². The maximum Gasteiger partial charge on any atom is 0.460 e. The summed E-state index contributed by atoms with van der Waals surface area (Å²) in [6.07, 6.45) is 6.01. The van der Waals surface area contributed by atoms with Gasteiger partial charge in [0.2, 0.25) is 0 Å². The zero-order valence-corrected chi connectivity index (χ0v) is 21.6. The minimum atomic E-state index is -6.54. The van der Waals surface area contributed by atoms with Gasteiger partial charge in [-0.2, -0.15) is 30.7 Å². The van der Waals surface area contributed by atoms with Crippen molar-refractivity contribution in [1.29, 1.82) is 0 Å². The van der Waals surface area contributed by atoms with Gasteiger partial charge in [0.25, 0.3) is 0 Å². The van der Waals surface area contributed by atoms with Crippen LogP contribution in [0.5, 0.6) is 0 Å². The zero-order chi connectivity index (χ0) is 27.9. The van der Waals surface area contributed by atoms with Crippen molar-refractivity contribution in [2.75, 3.05) is 13.2 Å². The van der Waals surface area contributed by atoms with E-state index in [4.69, 9.17) is 4.74 Å². The average Bonchev–Trinajstić information content (AvgIpc) is 2.81. The first-order chi connectivity index (χ1) is 16.7. The molecule has 0 aromatic rings. The molecule has 0 saturated carbocycles. The van der Waals surface area contributed by atoms with Gasteiger partial charge in [-0.05, 0) is 19.3 Å². The van der Waals surface area contributed by atoms with Crippen LogP contribution < -0.4 is 0 Å². The molecule has 0 heterocycles. The van der Waals surface area contributed by atoms with E-state index in [1.165, 1.54) is 58.8 Å². The molecule has 0 atom stereocenters. The van der Waals surface area contributed by atoms with E-state index in [0.29, 0.717) is 6.42 Å². The van der Waals surface area contributed by atoms with Crippen LogP contribution in [0.4, 0.5) is 30.7 Å². The van der Waals surface area contributed by atoms with Crippen LogP contribution in [0.3, 0.4) is 0 Å². The number of alkyl halides is 7. The molecule has 0 unspecified atom stereocenters. The van der Waals surface area contributed by atoms with E-state index in [1.807, 2.05) is 0 Å². The summed E-state index contributed by atoms with van der Waals surface area (Å²) >= 11 is 0. The quantitative estimate of drug-likeness (QED) is 0.0676. The Kier molecular flexibility index (Phi) is 15.6. The molecule has 214 valence electrons. The molecule has 0 aliphatic carbocycles. The summed E-state index contributed by atoms with van der Waals surface area (Å²) < 4.78 is 99.0. The van der Waals surface area contributed by atoms with Gasteiger partial charge in [0.1, 0.15) is 0 Å². The highest BCUT2D eigenvalue weighted by Gasteiger charge is 2.73. The highest BCUT2D eigenvalue weighted by Crippen LogP contribution is 2.46. The van der Waals surface area contributed by atoms with E-state index in [9.17, 15) is 40.3 Å². The minimum Gasteiger partial charge on any atom is -0.465 e. The summed E-state index contributed by atoms with van der Waals surface area (Å²) in [5.41, 5.74) is -2.07. The number of hydrogen-bond acceptors (Lipinski definition) is 4. The summed E-state index contributed by atoms with van der Waals surface area (Å²) in [4.78, 5) is 24.9. The van der Waals surface area contributed by atoms with Gasteiger partial charge in [-0.3, -0.25) is 9.59 Å². The molecule has 0 aromatic carbocycles. The Bertz CT molecular complexity index is 632. The molecule has 0 spiro atoms. The Morgan fingerprint density at radius 1 is 0.583 bits per heavy atom. The van der Waals surface area contributed by atoms with Crippen molar-refractivity contribution < 1.29 is 49.8 Å². The molecule has 0 aliphatic rings. The van der Waals surface area contributed by atoms with Crippen LogP contribution in [-0.2, 0) is 19.1 Å². The number of esters is 2. The lowest BCUT2D eigenvalue weighted by Gasteiger charge is -2.30. The fraction of sp³-hybridized carbons (Fsp3) is 0.920. The molecule has 0 fully saturated rings. The molecular weight excluding hydrogens is 497 g/mol. The molecular formula is C25H41F7O4. The number of carbonyl (C=O) groups is 2. The smallest absolute Gasteiger partial charge is 0.460 e. The lowest BCUT2D eigenvalue weighted by atomic mass is 9.82. The van der Waals surface area contributed by atoms with Crippen molar-refractivity contribution >= 4 is 11.9 Å². The molecule has 0 amide bonds. The number of rotatable bonds is 20. The van der Waals surface area contributed by atoms with Crippen LogP contribution in [0.2, 0.25) is 0 Å². The monoisotopic (exact) mass is 538 g/mol. The number of ether oxygens (including phenoxy) is 2. The predicted octanol–water partition coefficient (Wildman–Crippen LogP) is 8.41. The van der Waals surface area contributed by atoms with Gasteiger partial charge in [0.05, 0.1) is 6.61 Å². The lowest BCUT2D eigenvalue weighted by Crippen LogP contribution is -2.55. The summed E-state index contributed by atoms with van der Waals surface area (Å²) in [6.45, 7) is 2.34. The third-order valence-corrected chi connectivity index (χ3v) is 6.42. The second-order valence-corrected chi connectivity index (χ2v) is 9.17. The molecule has 0 N–H and O–H groups in total. The Morgan fingerprint density at radius 3 is 1.36 bits per heavy atom. The third kappa shape index (κ3) is 10.4. The minimum absolute atomic E-state index is 0.0341. The van der Waals surface area contributed by atoms with Crippen molar-refractivity contribution in [2.24, 2.45) is 5.41 Å². The van der Waals surface area contributed by atoms with Crippen molar-refractivity contribution in [3.63, 3.8) is 0 Å². The van der Waals surface area contributed by atoms with Gasteiger partial charge in [0.15, 0.2) is 12.0 Å². The second-order valence-electron chi connectivity index (χ2n) is 9.17. The maximum atomic E-state index is 13.5. The molecule has 0 aromatic heterocycles. The van der Waals surface area contributed by atoms with Gasteiger partial charge in [-0.1, -0.05) is 91.4 Å². The van der Waals surface area contributed by atoms with Crippen molar-refractivity contribution in [2.45, 2.75) is 129 Å². The summed E-state index contributed by atoms with van der Waals surface area (Å²) in [5.74, 6) is -14.8. The molecule has 0 rings (SSSR count). The summed E-state index contributed by atoms with van der Waals surface area (Å²) in [5, 5.41) is 0. The second kappa shape index (κ2) is 16.3. The van der Waals surface area contributed by atoms with Crippen LogP contribution in [0.25, 0.3) is 0 Å². The Labute approximate surface area is 209 Å². The van der Waals surface area contributed by atoms with Crippen molar-refractivity contribution in [1.82, 2.24) is 0 Å². The van der Waals surface area contributed by atoms with E-state index in [0.717, 1.165) is 25.7 Å². The molecule has 0 bridgehead atoms. The zero-order valence-electron chi connectivity index (χ0n) is 21.6. The van der Waals surface area contributed by atoms with E-state index >= 15 is 0 Å². The number of unbranched alkanes of at least 4 members (excludes halogenated alkanes) is 11. The number of carbonyl (C=O) groups excluding carboxylic acids is 2. The Balaban J connectivity index is 4.48. The summed E-state index contributed by atoms with van der Waals surface area (Å²) in [6, 6.07) is 0. The van der Waals surface area contributed by atoms with Crippen LogP contribution in [-0.4, -0.2) is 43.2 Å². The van der Waals surface area contributed by atoms with Gasteiger partial charge in [-0.15, -0.1) is 0 Å². The standard InChI is InChI=1S/C25H41F7O4/c1-4-7-8-9-10-11-12-13-14-15-16-17-18-35-20(33)22(5-2,6-3)21(34)36-19-23(26,27)24(28,29)25(30,31)32/h4-19H2,1-3H3. The van der Waals surface area contributed by atoms with E-state index in [-0.39, 0.29) is 19.4 Å². The molecule has 0 aliphatic heterocycles. The average molecular weight is 539 g/mol. The Morgan fingerprint density at radius 2 is 0.972 bits per heavy atom. The largest absolute Gasteiger partial charge is 0.465 e. The van der Waals surface area contributed by atoms with Gasteiger partial charge in [-0.25, -0.2) is 0 Å². The van der Waals surface area contributed by atoms with Crippen LogP contribution in [0.1, 0.15) is 111 Å². The first-order valence-corrected chi connectivity index (χ1v) is 12.9. The fourth-order valence-electron chi connectivity index (χ4n) is 3.75. The van der Waals surface area contributed by atoms with Crippen molar-refractivity contribution in [3.8, 4) is 0 Å². The highest BCUT2D eigenvalue weighted by atomic mass is 19.4. The number of halogens is 7. The highest BCUT2D eigenvalue weighted by molar-refractivity contribution is 6.00. The summed E-state index contributed by atoms with van der Waals surface area (Å²) in [7, 11) is 0.